The van der Waals surface area contributed by atoms with Crippen molar-refractivity contribution in [1.82, 2.24) is 30.2 Å². The van der Waals surface area contributed by atoms with E-state index in [1.807, 2.05) is 34.9 Å². The average molecular weight is 530 g/mol. The molecule has 3 aliphatic carbocycles. The number of H-pyrrole nitrogens is 1. The van der Waals surface area contributed by atoms with E-state index in [0.29, 0.717) is 36.3 Å². The molecular weight excluding hydrogens is 495 g/mol. The number of hydrogen-bond acceptors (Lipinski definition) is 8. The predicted molar refractivity (Wildman–Crippen MR) is 143 cm³/mol. The van der Waals surface area contributed by atoms with E-state index in [2.05, 4.69) is 41.4 Å². The van der Waals surface area contributed by atoms with Crippen molar-refractivity contribution in [3.05, 3.63) is 59.4 Å². The minimum Gasteiger partial charge on any atom is -0.405 e. The Hall–Kier alpha value is -3.18. The summed E-state index contributed by atoms with van der Waals surface area (Å²) in [4.78, 5) is 30.2. The maximum absolute atomic E-state index is 13.2. The molecule has 204 valence electrons. The molecule has 3 heterocycles. The van der Waals surface area contributed by atoms with Gasteiger partial charge in [0.05, 0.1) is 18.1 Å². The zero-order valence-corrected chi connectivity index (χ0v) is 23.0. The standard InChI is InChI=1S/C28H35BN6O4/c1-17(36)23-16-35(15-18-8-6-5-7-9-18)25(30-23)12-20(11-21(37)13-24-31-33-34-32-24)29-38-26-22-10-19(27(22,2)3)14-28(26,4)39-29/h5-9,16,19-20,22,26H,10-15H2,1-4H3,(H,31,32,33,34)/t19-,20+,22+,26?,28+/m1/s1. The first-order valence-electron chi connectivity index (χ1n) is 13.8. The number of carbonyl (C=O) groups is 2. The molecule has 0 spiro atoms. The number of imidazole rings is 1. The first-order chi connectivity index (χ1) is 18.6. The van der Waals surface area contributed by atoms with Crippen LogP contribution in [-0.2, 0) is 33.5 Å². The Kier molecular flexibility index (Phi) is 6.54. The molecule has 1 saturated heterocycles. The zero-order valence-electron chi connectivity index (χ0n) is 23.0. The summed E-state index contributed by atoms with van der Waals surface area (Å²) in [5, 5.41) is 13.9. The van der Waals surface area contributed by atoms with Gasteiger partial charge in [-0.05, 0) is 42.6 Å². The molecule has 3 aromatic rings. The Balaban J connectivity index is 1.28. The topological polar surface area (TPSA) is 125 Å². The SMILES string of the molecule is CC(=O)c1cn(Cc2ccccc2)c(C[C@H](CC(=O)Cc2nn[nH]n2)B2OC3[C@@H]4C[C@H](C[C@]3(C)O2)C4(C)C)n1. The highest BCUT2D eigenvalue weighted by Gasteiger charge is 2.67. The Labute approximate surface area is 228 Å². The van der Waals surface area contributed by atoms with Gasteiger partial charge in [0.1, 0.15) is 17.3 Å². The molecule has 3 saturated carbocycles. The van der Waals surface area contributed by atoms with Crippen LogP contribution < -0.4 is 0 Å². The van der Waals surface area contributed by atoms with Crippen molar-refractivity contribution >= 4 is 18.7 Å². The Bertz CT molecular complexity index is 1360. The highest BCUT2D eigenvalue weighted by molar-refractivity contribution is 6.47. The molecule has 4 aliphatic rings. The van der Waals surface area contributed by atoms with Gasteiger partial charge in [0.25, 0.3) is 0 Å². The van der Waals surface area contributed by atoms with Crippen molar-refractivity contribution < 1.29 is 18.9 Å². The van der Waals surface area contributed by atoms with E-state index in [1.54, 1.807) is 6.20 Å². The van der Waals surface area contributed by atoms with E-state index in [-0.39, 0.29) is 47.3 Å². The van der Waals surface area contributed by atoms with Crippen molar-refractivity contribution in [2.24, 2.45) is 17.3 Å². The number of aromatic amines is 1. The highest BCUT2D eigenvalue weighted by atomic mass is 16.7. The van der Waals surface area contributed by atoms with Gasteiger partial charge in [-0.3, -0.25) is 9.59 Å². The summed E-state index contributed by atoms with van der Waals surface area (Å²) in [6.07, 6.45) is 4.64. The number of hydrogen-bond donors (Lipinski definition) is 1. The first kappa shape index (κ1) is 26.1. The first-order valence-corrected chi connectivity index (χ1v) is 13.8. The lowest BCUT2D eigenvalue weighted by Crippen LogP contribution is -2.63. The van der Waals surface area contributed by atoms with Crippen LogP contribution in [0.3, 0.4) is 0 Å². The second-order valence-corrected chi connectivity index (χ2v) is 12.3. The number of nitrogens with one attached hydrogen (secondary N) is 1. The second-order valence-electron chi connectivity index (χ2n) is 12.3. The lowest BCUT2D eigenvalue weighted by Gasteiger charge is -2.63. The van der Waals surface area contributed by atoms with E-state index in [9.17, 15) is 9.59 Å². The van der Waals surface area contributed by atoms with Gasteiger partial charge in [-0.25, -0.2) is 4.98 Å². The van der Waals surface area contributed by atoms with Crippen LogP contribution in [0.15, 0.2) is 36.5 Å². The third-order valence-electron chi connectivity index (χ3n) is 9.31. The molecule has 1 unspecified atom stereocenters. The third kappa shape index (κ3) is 4.86. The number of rotatable bonds is 10. The van der Waals surface area contributed by atoms with Crippen LogP contribution >= 0.6 is 0 Å². The number of Topliss-reactive ketones (excluding diaryl/α,β-unsaturated/α-hetero) is 2. The smallest absolute Gasteiger partial charge is 0.405 e. The van der Waals surface area contributed by atoms with Crippen molar-refractivity contribution in [3.63, 3.8) is 0 Å². The molecule has 2 aromatic heterocycles. The van der Waals surface area contributed by atoms with Gasteiger partial charge in [-0.2, -0.15) is 5.21 Å². The minimum absolute atomic E-state index is 0.00541. The molecule has 11 heteroatoms. The summed E-state index contributed by atoms with van der Waals surface area (Å²) in [6.45, 7) is 8.92. The molecule has 4 fully saturated rings. The maximum atomic E-state index is 13.2. The molecule has 0 radical (unpaired) electrons. The third-order valence-corrected chi connectivity index (χ3v) is 9.31. The van der Waals surface area contributed by atoms with Crippen LogP contribution in [0.1, 0.15) is 74.7 Å². The fourth-order valence-electron chi connectivity index (χ4n) is 6.95. The van der Waals surface area contributed by atoms with Crippen molar-refractivity contribution in [1.29, 1.82) is 0 Å². The molecule has 10 nitrogen and oxygen atoms in total. The molecule has 1 N–H and O–H groups in total. The van der Waals surface area contributed by atoms with Gasteiger partial charge in [0, 0.05) is 38.3 Å². The normalized spacial score (nSPS) is 27.6. The van der Waals surface area contributed by atoms with Crippen molar-refractivity contribution in [3.8, 4) is 0 Å². The van der Waals surface area contributed by atoms with Crippen LogP contribution in [0.4, 0.5) is 0 Å². The van der Waals surface area contributed by atoms with Gasteiger partial charge in [0.15, 0.2) is 11.6 Å². The highest BCUT2D eigenvalue weighted by Crippen LogP contribution is 2.65. The Morgan fingerprint density at radius 1 is 1.23 bits per heavy atom. The largest absolute Gasteiger partial charge is 0.461 e. The molecule has 0 amide bonds. The molecule has 7 rings (SSSR count). The number of nitrogens with zero attached hydrogens (tertiary/aromatic N) is 5. The minimum atomic E-state index is -0.549. The van der Waals surface area contributed by atoms with Gasteiger partial charge < -0.3 is 13.9 Å². The van der Waals surface area contributed by atoms with Crippen molar-refractivity contribution in [2.75, 3.05) is 0 Å². The summed E-state index contributed by atoms with van der Waals surface area (Å²) >= 11 is 0. The summed E-state index contributed by atoms with van der Waals surface area (Å²) in [7, 11) is -0.549. The van der Waals surface area contributed by atoms with Gasteiger partial charge in [0.2, 0.25) is 0 Å². The lowest BCUT2D eigenvalue weighted by molar-refractivity contribution is -0.185. The van der Waals surface area contributed by atoms with E-state index in [4.69, 9.17) is 14.3 Å². The van der Waals surface area contributed by atoms with E-state index < -0.39 is 7.12 Å². The Morgan fingerprint density at radius 3 is 2.72 bits per heavy atom. The van der Waals surface area contributed by atoms with Crippen LogP contribution in [-0.4, -0.2) is 60.6 Å². The van der Waals surface area contributed by atoms with Gasteiger partial charge in [-0.1, -0.05) is 49.4 Å². The van der Waals surface area contributed by atoms with Crippen molar-refractivity contribution in [2.45, 2.75) is 83.9 Å². The second kappa shape index (κ2) is 9.78. The fourth-order valence-corrected chi connectivity index (χ4v) is 6.95. The molecule has 39 heavy (non-hydrogen) atoms. The van der Waals surface area contributed by atoms with Gasteiger partial charge in [-0.15, -0.1) is 10.2 Å². The molecule has 1 aliphatic heterocycles. The quantitative estimate of drug-likeness (QED) is 0.312. The van der Waals surface area contributed by atoms with Gasteiger partial charge >= 0.3 is 7.12 Å². The van der Waals surface area contributed by atoms with Crippen LogP contribution in [0.5, 0.6) is 0 Å². The van der Waals surface area contributed by atoms with E-state index in [1.165, 1.54) is 6.92 Å². The van der Waals surface area contributed by atoms with E-state index >= 15 is 0 Å². The fraction of sp³-hybridized carbons (Fsp3) is 0.571. The monoisotopic (exact) mass is 530 g/mol. The summed E-state index contributed by atoms with van der Waals surface area (Å²) in [5.41, 5.74) is 1.38. The van der Waals surface area contributed by atoms with E-state index in [0.717, 1.165) is 24.2 Å². The lowest BCUT2D eigenvalue weighted by atomic mass is 9.45. The summed E-state index contributed by atoms with van der Waals surface area (Å²) in [6, 6.07) is 10.1. The number of ketones is 2. The summed E-state index contributed by atoms with van der Waals surface area (Å²) < 4.78 is 15.4. The molecule has 2 bridgehead atoms. The average Bonchev–Trinajstić information content (AvgIpc) is 3.63. The van der Waals surface area contributed by atoms with Crippen LogP contribution in [0.2, 0.25) is 5.82 Å². The molecule has 1 aromatic carbocycles. The molecular formula is C28H35BN6O4. The Morgan fingerprint density at radius 2 is 2.03 bits per heavy atom. The van der Waals surface area contributed by atoms with Crippen LogP contribution in [0.25, 0.3) is 0 Å². The predicted octanol–water partition coefficient (Wildman–Crippen LogP) is 3.49. The zero-order chi connectivity index (χ0) is 27.4. The summed E-state index contributed by atoms with van der Waals surface area (Å²) in [5.74, 6) is 1.74. The number of carbonyl (C=O) groups excluding carboxylic acids is 2. The number of benzene rings is 1. The maximum Gasteiger partial charge on any atom is 0.461 e. The number of aromatic nitrogens is 6. The molecule has 5 atom stereocenters. The van der Waals surface area contributed by atoms with Crippen LogP contribution in [0, 0.1) is 17.3 Å². The number of tetrazole rings is 1.